The molecule has 0 radical (unpaired) electrons. The molecular formula is C17H28N2O. The van der Waals surface area contributed by atoms with Crippen molar-refractivity contribution in [3.8, 4) is 5.75 Å². The minimum Gasteiger partial charge on any atom is -0.492 e. The maximum Gasteiger partial charge on any atom is 0.119 e. The molecule has 1 aliphatic carbocycles. The SMILES string of the molecule is CCCNC1CCCc2ccc(OCCN(C)C)cc21. The number of benzene rings is 1. The Morgan fingerprint density at radius 2 is 2.20 bits per heavy atom. The fraction of sp³-hybridized carbons (Fsp3) is 0.647. The second-order valence-electron chi connectivity index (χ2n) is 5.91. The Bertz CT molecular complexity index is 417. The number of aryl methyl sites for hydroxylation is 1. The fourth-order valence-corrected chi connectivity index (χ4v) is 2.74. The first-order chi connectivity index (χ1) is 9.70. The molecule has 0 spiro atoms. The highest BCUT2D eigenvalue weighted by molar-refractivity contribution is 5.39. The van der Waals surface area contributed by atoms with Crippen molar-refractivity contribution in [1.82, 2.24) is 10.2 Å². The maximum absolute atomic E-state index is 5.87. The van der Waals surface area contributed by atoms with Crippen molar-refractivity contribution in [3.05, 3.63) is 29.3 Å². The van der Waals surface area contributed by atoms with E-state index in [1.807, 2.05) is 0 Å². The van der Waals surface area contributed by atoms with Crippen molar-refractivity contribution in [2.24, 2.45) is 0 Å². The van der Waals surface area contributed by atoms with Gasteiger partial charge in [-0.15, -0.1) is 0 Å². The van der Waals surface area contributed by atoms with Crippen molar-refractivity contribution in [1.29, 1.82) is 0 Å². The highest BCUT2D eigenvalue weighted by Gasteiger charge is 2.20. The summed E-state index contributed by atoms with van der Waals surface area (Å²) >= 11 is 0. The summed E-state index contributed by atoms with van der Waals surface area (Å²) in [6.07, 6.45) is 4.92. The summed E-state index contributed by atoms with van der Waals surface area (Å²) in [6, 6.07) is 7.13. The van der Waals surface area contributed by atoms with Gasteiger partial charge in [0.25, 0.3) is 0 Å². The van der Waals surface area contributed by atoms with Gasteiger partial charge in [-0.2, -0.15) is 0 Å². The molecule has 0 amide bonds. The van der Waals surface area contributed by atoms with Crippen molar-refractivity contribution in [2.75, 3.05) is 33.8 Å². The standard InChI is InChI=1S/C17H28N2O/c1-4-10-18-17-7-5-6-14-8-9-15(13-16(14)17)20-12-11-19(2)3/h8-9,13,17-18H,4-7,10-12H2,1-3H3. The van der Waals surface area contributed by atoms with Crippen LogP contribution < -0.4 is 10.1 Å². The van der Waals surface area contributed by atoms with Crippen molar-refractivity contribution in [2.45, 2.75) is 38.6 Å². The van der Waals surface area contributed by atoms with E-state index in [1.165, 1.54) is 36.8 Å². The molecule has 0 aliphatic heterocycles. The van der Waals surface area contributed by atoms with E-state index in [2.05, 4.69) is 49.4 Å². The number of hydrogen-bond donors (Lipinski definition) is 1. The number of nitrogens with one attached hydrogen (secondary N) is 1. The van der Waals surface area contributed by atoms with Crippen LogP contribution in [-0.2, 0) is 6.42 Å². The summed E-state index contributed by atoms with van der Waals surface area (Å²) in [7, 11) is 4.14. The number of likely N-dealkylation sites (N-methyl/N-ethyl adjacent to an activating group) is 1. The maximum atomic E-state index is 5.87. The molecule has 1 aromatic carbocycles. The summed E-state index contributed by atoms with van der Waals surface area (Å²) in [4.78, 5) is 2.14. The quantitative estimate of drug-likeness (QED) is 0.828. The zero-order valence-corrected chi connectivity index (χ0v) is 13.1. The molecule has 1 unspecified atom stereocenters. The van der Waals surface area contributed by atoms with Gasteiger partial charge in [0.1, 0.15) is 12.4 Å². The van der Waals surface area contributed by atoms with Crippen LogP contribution in [0, 0.1) is 0 Å². The van der Waals surface area contributed by atoms with Crippen LogP contribution in [0.4, 0.5) is 0 Å². The topological polar surface area (TPSA) is 24.5 Å². The minimum atomic E-state index is 0.510. The van der Waals surface area contributed by atoms with E-state index in [0.29, 0.717) is 6.04 Å². The Morgan fingerprint density at radius 1 is 1.35 bits per heavy atom. The van der Waals surface area contributed by atoms with Crippen molar-refractivity contribution < 1.29 is 4.74 Å². The molecule has 0 fully saturated rings. The first kappa shape index (κ1) is 15.3. The Balaban J connectivity index is 2.03. The predicted molar refractivity (Wildman–Crippen MR) is 84.5 cm³/mol. The zero-order valence-electron chi connectivity index (χ0n) is 13.1. The average molecular weight is 276 g/mol. The van der Waals surface area contributed by atoms with Crippen LogP contribution in [0.3, 0.4) is 0 Å². The van der Waals surface area contributed by atoms with Crippen molar-refractivity contribution >= 4 is 0 Å². The molecule has 3 heteroatoms. The molecule has 3 nitrogen and oxygen atoms in total. The summed E-state index contributed by atoms with van der Waals surface area (Å²) in [5.74, 6) is 1.01. The first-order valence-electron chi connectivity index (χ1n) is 7.84. The van der Waals surface area contributed by atoms with E-state index in [0.717, 1.165) is 25.4 Å². The van der Waals surface area contributed by atoms with Crippen LogP contribution in [0.1, 0.15) is 43.4 Å². The molecular weight excluding hydrogens is 248 g/mol. The number of ether oxygens (including phenoxy) is 1. The van der Waals surface area contributed by atoms with Gasteiger partial charge < -0.3 is 15.0 Å². The van der Waals surface area contributed by atoms with Crippen molar-refractivity contribution in [3.63, 3.8) is 0 Å². The third kappa shape index (κ3) is 4.22. The van der Waals surface area contributed by atoms with Gasteiger partial charge in [0.2, 0.25) is 0 Å². The number of rotatable bonds is 7. The Hall–Kier alpha value is -1.06. The zero-order chi connectivity index (χ0) is 14.4. The summed E-state index contributed by atoms with van der Waals surface area (Å²) < 4.78 is 5.87. The molecule has 20 heavy (non-hydrogen) atoms. The second kappa shape index (κ2) is 7.65. The van der Waals surface area contributed by atoms with Gasteiger partial charge in [0, 0.05) is 12.6 Å². The first-order valence-corrected chi connectivity index (χ1v) is 7.84. The fourth-order valence-electron chi connectivity index (χ4n) is 2.74. The normalized spacial score (nSPS) is 18.1. The Morgan fingerprint density at radius 3 is 2.95 bits per heavy atom. The molecule has 1 aromatic rings. The van der Waals surface area contributed by atoms with Gasteiger partial charge in [-0.25, -0.2) is 0 Å². The van der Waals surface area contributed by atoms with Crippen LogP contribution in [0.25, 0.3) is 0 Å². The molecule has 1 N–H and O–H groups in total. The monoisotopic (exact) mass is 276 g/mol. The molecule has 2 rings (SSSR count). The van der Waals surface area contributed by atoms with Crippen LogP contribution in [0.2, 0.25) is 0 Å². The third-order valence-electron chi connectivity index (χ3n) is 3.88. The van der Waals surface area contributed by atoms with Crippen LogP contribution in [0.15, 0.2) is 18.2 Å². The summed E-state index contributed by atoms with van der Waals surface area (Å²) in [6.45, 7) is 5.01. The van der Waals surface area contributed by atoms with Crippen LogP contribution >= 0.6 is 0 Å². The second-order valence-corrected chi connectivity index (χ2v) is 5.91. The Labute approximate surface area is 123 Å². The lowest BCUT2D eigenvalue weighted by Crippen LogP contribution is -2.26. The molecule has 0 saturated carbocycles. The molecule has 0 bridgehead atoms. The molecule has 1 aliphatic rings. The van der Waals surface area contributed by atoms with E-state index in [9.17, 15) is 0 Å². The van der Waals surface area contributed by atoms with E-state index in [1.54, 1.807) is 0 Å². The van der Waals surface area contributed by atoms with Gasteiger partial charge in [-0.05, 0) is 69.6 Å². The average Bonchev–Trinajstić information content (AvgIpc) is 2.44. The van der Waals surface area contributed by atoms with Gasteiger partial charge in [0.05, 0.1) is 0 Å². The predicted octanol–water partition coefficient (Wildman–Crippen LogP) is 3.00. The largest absolute Gasteiger partial charge is 0.492 e. The molecule has 1 atom stereocenters. The molecule has 0 heterocycles. The highest BCUT2D eigenvalue weighted by atomic mass is 16.5. The molecule has 0 aromatic heterocycles. The van der Waals surface area contributed by atoms with Gasteiger partial charge >= 0.3 is 0 Å². The van der Waals surface area contributed by atoms with E-state index in [4.69, 9.17) is 4.74 Å². The van der Waals surface area contributed by atoms with Gasteiger partial charge in [0.15, 0.2) is 0 Å². The summed E-state index contributed by atoms with van der Waals surface area (Å²) in [5, 5.41) is 3.67. The number of fused-ring (bicyclic) bond motifs is 1. The lowest BCUT2D eigenvalue weighted by atomic mass is 9.87. The number of nitrogens with zero attached hydrogens (tertiary/aromatic N) is 1. The van der Waals surface area contributed by atoms with E-state index in [-0.39, 0.29) is 0 Å². The molecule has 0 saturated heterocycles. The van der Waals surface area contributed by atoms with E-state index < -0.39 is 0 Å². The van der Waals surface area contributed by atoms with E-state index >= 15 is 0 Å². The number of hydrogen-bond acceptors (Lipinski definition) is 3. The van der Waals surface area contributed by atoms with Crippen LogP contribution in [0.5, 0.6) is 5.75 Å². The Kier molecular flexibility index (Phi) is 5.86. The lowest BCUT2D eigenvalue weighted by Gasteiger charge is -2.27. The lowest BCUT2D eigenvalue weighted by molar-refractivity contribution is 0.261. The highest BCUT2D eigenvalue weighted by Crippen LogP contribution is 2.32. The van der Waals surface area contributed by atoms with Gasteiger partial charge in [-0.3, -0.25) is 0 Å². The van der Waals surface area contributed by atoms with Crippen LogP contribution in [-0.4, -0.2) is 38.7 Å². The van der Waals surface area contributed by atoms with Gasteiger partial charge in [-0.1, -0.05) is 13.0 Å². The smallest absolute Gasteiger partial charge is 0.119 e. The summed E-state index contributed by atoms with van der Waals surface area (Å²) in [5.41, 5.74) is 2.94. The third-order valence-corrected chi connectivity index (χ3v) is 3.88. The molecule has 112 valence electrons. The minimum absolute atomic E-state index is 0.510.